The van der Waals surface area contributed by atoms with Gasteiger partial charge in [0.1, 0.15) is 0 Å². The Hall–Kier alpha value is -2.64. The second-order valence-corrected chi connectivity index (χ2v) is 7.69. The summed E-state index contributed by atoms with van der Waals surface area (Å²) < 4.78 is 0. The minimum Gasteiger partial charge on any atom is -0.303 e. The van der Waals surface area contributed by atoms with Crippen LogP contribution in [0.1, 0.15) is 35.6 Å². The molecule has 0 unspecified atom stereocenters. The molecule has 0 bridgehead atoms. The number of benzene rings is 3. The van der Waals surface area contributed by atoms with Gasteiger partial charge in [0.25, 0.3) is 0 Å². The molecule has 0 fully saturated rings. The third-order valence-corrected chi connectivity index (χ3v) is 6.02. The van der Waals surface area contributed by atoms with E-state index >= 15 is 0 Å². The zero-order chi connectivity index (χ0) is 18.7. The van der Waals surface area contributed by atoms with Gasteiger partial charge in [-0.15, -0.1) is 0 Å². The van der Waals surface area contributed by atoms with Gasteiger partial charge in [0.2, 0.25) is 0 Å². The van der Waals surface area contributed by atoms with Crippen molar-refractivity contribution in [1.82, 2.24) is 5.32 Å². The molecule has 1 aliphatic rings. The summed E-state index contributed by atoms with van der Waals surface area (Å²) in [7, 11) is 0. The molecule has 0 heterocycles. The molecule has 136 valence electrons. The van der Waals surface area contributed by atoms with Crippen LogP contribution in [0.5, 0.6) is 0 Å². The summed E-state index contributed by atoms with van der Waals surface area (Å²) in [6.45, 7) is 7.71. The van der Waals surface area contributed by atoms with Crippen molar-refractivity contribution in [3.8, 4) is 0 Å². The average Bonchev–Trinajstić information content (AvgIpc) is 2.94. The van der Waals surface area contributed by atoms with E-state index in [-0.39, 0.29) is 5.54 Å². The molecule has 0 spiro atoms. The van der Waals surface area contributed by atoms with Gasteiger partial charge < -0.3 is 5.32 Å². The Bertz CT molecular complexity index is 913. The summed E-state index contributed by atoms with van der Waals surface area (Å²) in [5, 5.41) is 3.89. The zero-order valence-electron chi connectivity index (χ0n) is 16.0. The van der Waals surface area contributed by atoms with Gasteiger partial charge in [0.15, 0.2) is 0 Å². The molecular formula is C26H27N. The maximum atomic E-state index is 4.50. The smallest absolute Gasteiger partial charge is 0.0484 e. The zero-order valence-corrected chi connectivity index (χ0v) is 16.0. The summed E-state index contributed by atoms with van der Waals surface area (Å²) in [5.41, 5.74) is 6.58. The highest BCUT2D eigenvalue weighted by Gasteiger charge is 2.44. The Morgan fingerprint density at radius 2 is 1.41 bits per heavy atom. The number of fused-ring (bicyclic) bond motifs is 1. The molecule has 0 saturated carbocycles. The quantitative estimate of drug-likeness (QED) is 0.576. The fourth-order valence-corrected chi connectivity index (χ4v) is 4.46. The monoisotopic (exact) mass is 353 g/mol. The third kappa shape index (κ3) is 3.48. The summed E-state index contributed by atoms with van der Waals surface area (Å²) in [4.78, 5) is 0. The Kier molecular flexibility index (Phi) is 4.96. The minimum absolute atomic E-state index is 0.0989. The lowest BCUT2D eigenvalue weighted by Crippen LogP contribution is -2.43. The summed E-state index contributed by atoms with van der Waals surface area (Å²) in [6.07, 6.45) is 2.16. The Morgan fingerprint density at radius 1 is 0.815 bits per heavy atom. The first-order valence-corrected chi connectivity index (χ1v) is 9.80. The normalized spacial score (nSPS) is 21.2. The predicted octanol–water partition coefficient (Wildman–Crippen LogP) is 5.97. The van der Waals surface area contributed by atoms with Crippen LogP contribution in [-0.2, 0) is 18.5 Å². The summed E-state index contributed by atoms with van der Waals surface area (Å²) >= 11 is 0. The molecule has 0 amide bonds. The van der Waals surface area contributed by atoms with Crippen LogP contribution in [0.4, 0.5) is 0 Å². The van der Waals surface area contributed by atoms with E-state index in [4.69, 9.17) is 0 Å². The highest BCUT2D eigenvalue weighted by Crippen LogP contribution is 2.49. The van der Waals surface area contributed by atoms with Gasteiger partial charge in [-0.05, 0) is 47.6 Å². The standard InChI is InChI=1S/C26H27N/c1-20-23-15-9-10-16-25(23)26(2,27-19-22-13-7-4-8-14-22)24(20)18-17-21-11-5-3-6-12-21/h3-16,24,27H,1,17-19H2,2H3/t24-,26-/m0/s1. The van der Waals surface area contributed by atoms with Crippen molar-refractivity contribution in [3.63, 3.8) is 0 Å². The second kappa shape index (κ2) is 7.54. The molecule has 4 rings (SSSR count). The molecular weight excluding hydrogens is 326 g/mol. The van der Waals surface area contributed by atoms with Crippen LogP contribution in [0, 0.1) is 5.92 Å². The lowest BCUT2D eigenvalue weighted by molar-refractivity contribution is 0.281. The minimum atomic E-state index is -0.0989. The Labute approximate surface area is 162 Å². The molecule has 1 heteroatoms. The topological polar surface area (TPSA) is 12.0 Å². The van der Waals surface area contributed by atoms with E-state index in [0.717, 1.165) is 19.4 Å². The van der Waals surface area contributed by atoms with Crippen molar-refractivity contribution in [2.24, 2.45) is 5.92 Å². The largest absolute Gasteiger partial charge is 0.303 e. The molecule has 0 radical (unpaired) electrons. The molecule has 0 aromatic heterocycles. The Morgan fingerprint density at radius 3 is 2.11 bits per heavy atom. The molecule has 0 saturated heterocycles. The van der Waals surface area contributed by atoms with Gasteiger partial charge in [-0.3, -0.25) is 0 Å². The van der Waals surface area contributed by atoms with Gasteiger partial charge in [0, 0.05) is 18.0 Å². The first kappa shape index (κ1) is 17.8. The molecule has 27 heavy (non-hydrogen) atoms. The molecule has 3 aromatic rings. The SMILES string of the molecule is C=C1c2ccccc2[C@@](C)(NCc2ccccc2)[C@H]1CCc1ccccc1. The molecule has 3 aromatic carbocycles. The van der Waals surface area contributed by atoms with Crippen molar-refractivity contribution in [2.75, 3.05) is 0 Å². The number of nitrogens with one attached hydrogen (secondary N) is 1. The molecule has 1 N–H and O–H groups in total. The van der Waals surface area contributed by atoms with Gasteiger partial charge in [0.05, 0.1) is 0 Å². The fraction of sp³-hybridized carbons (Fsp3) is 0.231. The first-order chi connectivity index (χ1) is 13.2. The summed E-state index contributed by atoms with van der Waals surface area (Å²) in [5.74, 6) is 0.388. The van der Waals surface area contributed by atoms with E-state index in [1.807, 2.05) is 0 Å². The van der Waals surface area contributed by atoms with Crippen LogP contribution in [0.2, 0.25) is 0 Å². The average molecular weight is 354 g/mol. The number of hydrogen-bond donors (Lipinski definition) is 1. The van der Waals surface area contributed by atoms with E-state index in [2.05, 4.69) is 104 Å². The van der Waals surface area contributed by atoms with Gasteiger partial charge in [-0.25, -0.2) is 0 Å². The second-order valence-electron chi connectivity index (χ2n) is 7.69. The third-order valence-electron chi connectivity index (χ3n) is 6.02. The van der Waals surface area contributed by atoms with Crippen LogP contribution in [0.15, 0.2) is 91.5 Å². The van der Waals surface area contributed by atoms with Gasteiger partial charge in [-0.2, -0.15) is 0 Å². The van der Waals surface area contributed by atoms with E-state index in [0.29, 0.717) is 5.92 Å². The van der Waals surface area contributed by atoms with Gasteiger partial charge in [-0.1, -0.05) is 91.5 Å². The maximum Gasteiger partial charge on any atom is 0.0484 e. The van der Waals surface area contributed by atoms with E-state index in [1.54, 1.807) is 0 Å². The summed E-state index contributed by atoms with van der Waals surface area (Å²) in [6, 6.07) is 30.2. The maximum absolute atomic E-state index is 4.50. The molecule has 1 aliphatic carbocycles. The number of rotatable bonds is 6. The Balaban J connectivity index is 1.60. The highest BCUT2D eigenvalue weighted by molar-refractivity contribution is 5.76. The van der Waals surface area contributed by atoms with Crippen molar-refractivity contribution >= 4 is 5.57 Å². The van der Waals surface area contributed by atoms with E-state index < -0.39 is 0 Å². The van der Waals surface area contributed by atoms with Gasteiger partial charge >= 0.3 is 0 Å². The van der Waals surface area contributed by atoms with Crippen LogP contribution >= 0.6 is 0 Å². The number of aryl methyl sites for hydroxylation is 1. The van der Waals surface area contributed by atoms with E-state index in [9.17, 15) is 0 Å². The molecule has 1 nitrogen and oxygen atoms in total. The van der Waals surface area contributed by atoms with Crippen LogP contribution < -0.4 is 5.32 Å². The van der Waals surface area contributed by atoms with Crippen molar-refractivity contribution in [2.45, 2.75) is 31.8 Å². The van der Waals surface area contributed by atoms with E-state index in [1.165, 1.54) is 27.8 Å². The van der Waals surface area contributed by atoms with Crippen molar-refractivity contribution < 1.29 is 0 Å². The first-order valence-electron chi connectivity index (χ1n) is 9.80. The van der Waals surface area contributed by atoms with Crippen molar-refractivity contribution in [1.29, 1.82) is 0 Å². The van der Waals surface area contributed by atoms with Crippen LogP contribution in [0.3, 0.4) is 0 Å². The lowest BCUT2D eigenvalue weighted by atomic mass is 9.80. The van der Waals surface area contributed by atoms with Crippen LogP contribution in [-0.4, -0.2) is 0 Å². The van der Waals surface area contributed by atoms with Crippen LogP contribution in [0.25, 0.3) is 5.57 Å². The lowest BCUT2D eigenvalue weighted by Gasteiger charge is -2.35. The highest BCUT2D eigenvalue weighted by atomic mass is 15.0. The predicted molar refractivity (Wildman–Crippen MR) is 114 cm³/mol. The van der Waals surface area contributed by atoms with Crippen molar-refractivity contribution in [3.05, 3.63) is 114 Å². The number of hydrogen-bond acceptors (Lipinski definition) is 1. The fourth-order valence-electron chi connectivity index (χ4n) is 4.46. The molecule has 2 atom stereocenters. The molecule has 0 aliphatic heterocycles.